The molecule has 0 radical (unpaired) electrons. The minimum atomic E-state index is -0.477. The Balaban J connectivity index is 2.21. The second-order valence-electron chi connectivity index (χ2n) is 4.98. The molecule has 2 aromatic rings. The van der Waals surface area contributed by atoms with E-state index in [1.54, 1.807) is 4.68 Å². The molecule has 3 heterocycles. The predicted molar refractivity (Wildman–Crippen MR) is 76.3 cm³/mol. The third-order valence-electron chi connectivity index (χ3n) is 3.66. The Morgan fingerprint density at radius 2 is 2.24 bits per heavy atom. The number of carbonyl (C=O) groups excluding carboxylic acids is 1. The minimum Gasteiger partial charge on any atom is -0.366 e. The van der Waals surface area contributed by atoms with E-state index in [-0.39, 0.29) is 0 Å². The Hall–Kier alpha value is -2.64. The molecule has 1 aliphatic heterocycles. The van der Waals surface area contributed by atoms with Gasteiger partial charge in [-0.25, -0.2) is 4.68 Å². The molecule has 0 aromatic carbocycles. The largest absolute Gasteiger partial charge is 0.366 e. The van der Waals surface area contributed by atoms with Crippen molar-refractivity contribution in [2.24, 2.45) is 5.73 Å². The Morgan fingerprint density at radius 3 is 2.86 bits per heavy atom. The molecule has 110 valence electrons. The lowest BCUT2D eigenvalue weighted by atomic mass is 9.96. The molecule has 1 amide bonds. The highest BCUT2D eigenvalue weighted by atomic mass is 16.1. The number of anilines is 1. The molecule has 3 N–H and O–H groups in total. The van der Waals surface area contributed by atoms with Crippen molar-refractivity contribution >= 4 is 11.9 Å². The first-order chi connectivity index (χ1) is 10.0. The van der Waals surface area contributed by atoms with Gasteiger partial charge in [-0.1, -0.05) is 0 Å². The highest BCUT2D eigenvalue weighted by Gasteiger charge is 2.34. The van der Waals surface area contributed by atoms with Crippen molar-refractivity contribution in [1.29, 1.82) is 0 Å². The van der Waals surface area contributed by atoms with Crippen LogP contribution in [0.3, 0.4) is 0 Å². The van der Waals surface area contributed by atoms with Crippen molar-refractivity contribution in [3.63, 3.8) is 0 Å². The van der Waals surface area contributed by atoms with Crippen molar-refractivity contribution in [2.45, 2.75) is 33.4 Å². The fourth-order valence-corrected chi connectivity index (χ4v) is 2.66. The second-order valence-corrected chi connectivity index (χ2v) is 4.98. The number of carbonyl (C=O) groups is 1. The molecular formula is C13H17N7O. The number of hydrogen-bond acceptors (Lipinski definition) is 5. The number of nitrogens with one attached hydrogen (secondary N) is 1. The summed E-state index contributed by atoms with van der Waals surface area (Å²) >= 11 is 0. The SMILES string of the molecule is CCn1cc([C@H]2C(C(N)=O)=C(C)Nc3ncnn32)c(C)n1. The normalized spacial score (nSPS) is 17.6. The van der Waals surface area contributed by atoms with Gasteiger partial charge in [0, 0.05) is 24.0 Å². The third-order valence-corrected chi connectivity index (χ3v) is 3.66. The molecule has 0 bridgehead atoms. The maximum atomic E-state index is 11.9. The summed E-state index contributed by atoms with van der Waals surface area (Å²) in [5.41, 5.74) is 8.49. The molecule has 0 unspecified atom stereocenters. The highest BCUT2D eigenvalue weighted by molar-refractivity contribution is 5.95. The van der Waals surface area contributed by atoms with Crippen LogP contribution >= 0.6 is 0 Å². The standard InChI is InChI=1S/C13H17N7O/c1-4-19-5-9(7(2)18-19)11-10(12(14)21)8(3)17-13-15-6-16-20(11)13/h5-6,11H,4H2,1-3H3,(H2,14,21)(H,15,16,17)/t11-/m0/s1. The van der Waals surface area contributed by atoms with E-state index >= 15 is 0 Å². The molecule has 1 atom stereocenters. The van der Waals surface area contributed by atoms with Gasteiger partial charge in [0.1, 0.15) is 12.4 Å². The molecule has 2 aromatic heterocycles. The van der Waals surface area contributed by atoms with E-state index in [9.17, 15) is 4.79 Å². The van der Waals surface area contributed by atoms with Crippen molar-refractivity contribution in [3.8, 4) is 0 Å². The Labute approximate surface area is 121 Å². The van der Waals surface area contributed by atoms with E-state index in [0.29, 0.717) is 17.2 Å². The van der Waals surface area contributed by atoms with E-state index < -0.39 is 11.9 Å². The maximum absolute atomic E-state index is 11.9. The lowest BCUT2D eigenvalue weighted by Crippen LogP contribution is -2.32. The second kappa shape index (κ2) is 4.72. The molecule has 0 saturated carbocycles. The van der Waals surface area contributed by atoms with Gasteiger partial charge in [0.15, 0.2) is 0 Å². The summed E-state index contributed by atoms with van der Waals surface area (Å²) in [7, 11) is 0. The summed E-state index contributed by atoms with van der Waals surface area (Å²) < 4.78 is 3.49. The quantitative estimate of drug-likeness (QED) is 0.859. The zero-order valence-corrected chi connectivity index (χ0v) is 12.2. The average Bonchev–Trinajstić information content (AvgIpc) is 3.02. The fraction of sp³-hybridized carbons (Fsp3) is 0.385. The Bertz CT molecular complexity index is 740. The summed E-state index contributed by atoms with van der Waals surface area (Å²) in [5, 5.41) is 11.7. The molecule has 21 heavy (non-hydrogen) atoms. The smallest absolute Gasteiger partial charge is 0.248 e. The van der Waals surface area contributed by atoms with Crippen LogP contribution in [0.25, 0.3) is 0 Å². The van der Waals surface area contributed by atoms with Crippen LogP contribution in [-0.4, -0.2) is 30.5 Å². The molecule has 8 heteroatoms. The van der Waals surface area contributed by atoms with Crippen LogP contribution in [0.1, 0.15) is 31.1 Å². The van der Waals surface area contributed by atoms with Crippen LogP contribution in [0, 0.1) is 6.92 Å². The number of allylic oxidation sites excluding steroid dienone is 1. The molecular weight excluding hydrogens is 270 g/mol. The first-order valence-electron chi connectivity index (χ1n) is 6.74. The Kier molecular flexibility index (Phi) is 3.00. The molecule has 8 nitrogen and oxygen atoms in total. The molecule has 0 fully saturated rings. The van der Waals surface area contributed by atoms with E-state index in [1.165, 1.54) is 6.33 Å². The molecule has 0 aliphatic carbocycles. The lowest BCUT2D eigenvalue weighted by Gasteiger charge is -2.27. The van der Waals surface area contributed by atoms with Crippen molar-refractivity contribution in [1.82, 2.24) is 24.5 Å². The van der Waals surface area contributed by atoms with Gasteiger partial charge < -0.3 is 11.1 Å². The first-order valence-corrected chi connectivity index (χ1v) is 6.74. The number of rotatable bonds is 3. The van der Waals surface area contributed by atoms with Crippen LogP contribution in [0.4, 0.5) is 5.95 Å². The van der Waals surface area contributed by atoms with Gasteiger partial charge in [-0.2, -0.15) is 15.2 Å². The van der Waals surface area contributed by atoms with Crippen LogP contribution in [-0.2, 0) is 11.3 Å². The van der Waals surface area contributed by atoms with Crippen LogP contribution in [0.15, 0.2) is 23.8 Å². The van der Waals surface area contributed by atoms with E-state index in [2.05, 4.69) is 20.5 Å². The zero-order valence-electron chi connectivity index (χ0n) is 12.2. The minimum absolute atomic E-state index is 0.401. The number of nitrogens with zero attached hydrogens (tertiary/aromatic N) is 5. The summed E-state index contributed by atoms with van der Waals surface area (Å²) in [6.07, 6.45) is 3.37. The molecule has 0 saturated heterocycles. The van der Waals surface area contributed by atoms with Gasteiger partial charge in [0.2, 0.25) is 11.9 Å². The topological polar surface area (TPSA) is 104 Å². The average molecular weight is 287 g/mol. The third kappa shape index (κ3) is 1.99. The van der Waals surface area contributed by atoms with Gasteiger partial charge in [0.25, 0.3) is 0 Å². The van der Waals surface area contributed by atoms with Crippen LogP contribution < -0.4 is 11.1 Å². The Morgan fingerprint density at radius 1 is 1.48 bits per heavy atom. The number of nitrogens with two attached hydrogens (primary N) is 1. The van der Waals surface area contributed by atoms with E-state index in [1.807, 2.05) is 31.6 Å². The van der Waals surface area contributed by atoms with Gasteiger partial charge >= 0.3 is 0 Å². The fourth-order valence-electron chi connectivity index (χ4n) is 2.66. The van der Waals surface area contributed by atoms with Gasteiger partial charge in [-0.15, -0.1) is 0 Å². The van der Waals surface area contributed by atoms with Gasteiger partial charge in [0.05, 0.1) is 11.3 Å². The predicted octanol–water partition coefficient (Wildman–Crippen LogP) is 0.577. The number of aromatic nitrogens is 5. The summed E-state index contributed by atoms with van der Waals surface area (Å²) in [5.74, 6) is 0.112. The number of amides is 1. The molecule has 0 spiro atoms. The summed E-state index contributed by atoms with van der Waals surface area (Å²) in [4.78, 5) is 16.1. The number of aryl methyl sites for hydroxylation is 2. The zero-order chi connectivity index (χ0) is 15.1. The van der Waals surface area contributed by atoms with E-state index in [4.69, 9.17) is 5.73 Å². The lowest BCUT2D eigenvalue weighted by molar-refractivity contribution is -0.115. The number of fused-ring (bicyclic) bond motifs is 1. The van der Waals surface area contributed by atoms with Crippen molar-refractivity contribution in [3.05, 3.63) is 35.1 Å². The molecule has 1 aliphatic rings. The van der Waals surface area contributed by atoms with Crippen LogP contribution in [0.5, 0.6) is 0 Å². The molecule has 3 rings (SSSR count). The highest BCUT2D eigenvalue weighted by Crippen LogP contribution is 2.35. The van der Waals surface area contributed by atoms with Gasteiger partial charge in [-0.05, 0) is 20.8 Å². The maximum Gasteiger partial charge on any atom is 0.248 e. The number of primary amides is 1. The van der Waals surface area contributed by atoms with Crippen LogP contribution in [0.2, 0.25) is 0 Å². The van der Waals surface area contributed by atoms with Crippen molar-refractivity contribution < 1.29 is 4.79 Å². The summed E-state index contributed by atoms with van der Waals surface area (Å²) in [6.45, 7) is 6.49. The van der Waals surface area contributed by atoms with Gasteiger partial charge in [-0.3, -0.25) is 9.48 Å². The monoisotopic (exact) mass is 287 g/mol. The van der Waals surface area contributed by atoms with Crippen molar-refractivity contribution in [2.75, 3.05) is 5.32 Å². The first kappa shape index (κ1) is 13.3. The van der Waals surface area contributed by atoms with E-state index in [0.717, 1.165) is 17.8 Å². The summed E-state index contributed by atoms with van der Waals surface area (Å²) in [6, 6.07) is -0.401. The number of hydrogen-bond donors (Lipinski definition) is 2.